The lowest BCUT2D eigenvalue weighted by atomic mass is 10.2. The summed E-state index contributed by atoms with van der Waals surface area (Å²) >= 11 is 7.00. The summed E-state index contributed by atoms with van der Waals surface area (Å²) in [5.41, 5.74) is 2.15. The molecule has 106 valence electrons. The van der Waals surface area contributed by atoms with Crippen LogP contribution < -0.4 is 10.6 Å². The number of nitrogens with one attached hydrogen (secondary N) is 2. The van der Waals surface area contributed by atoms with E-state index in [1.54, 1.807) is 6.20 Å². The second kappa shape index (κ2) is 7.04. The van der Waals surface area contributed by atoms with Crippen LogP contribution in [0.25, 0.3) is 0 Å². The molecular formula is C14H16Br2N4. The average molecular weight is 400 g/mol. The Morgan fingerprint density at radius 2 is 2.00 bits per heavy atom. The molecular weight excluding hydrogens is 384 g/mol. The molecule has 0 radical (unpaired) electrons. The van der Waals surface area contributed by atoms with Crippen molar-refractivity contribution in [3.8, 4) is 0 Å². The highest BCUT2D eigenvalue weighted by Gasteiger charge is 2.08. The highest BCUT2D eigenvalue weighted by molar-refractivity contribution is 9.10. The molecule has 2 aromatic rings. The first kappa shape index (κ1) is 15.3. The van der Waals surface area contributed by atoms with Crippen molar-refractivity contribution in [2.75, 3.05) is 17.2 Å². The number of rotatable bonds is 5. The van der Waals surface area contributed by atoms with Gasteiger partial charge in [0.1, 0.15) is 5.82 Å². The van der Waals surface area contributed by atoms with Crippen molar-refractivity contribution in [2.45, 2.75) is 20.3 Å². The van der Waals surface area contributed by atoms with E-state index in [1.807, 2.05) is 18.2 Å². The molecule has 0 bridgehead atoms. The Labute approximate surface area is 135 Å². The van der Waals surface area contributed by atoms with E-state index in [9.17, 15) is 0 Å². The summed E-state index contributed by atoms with van der Waals surface area (Å²) in [5, 5.41) is 6.51. The predicted octanol–water partition coefficient (Wildman–Crippen LogP) is 4.88. The van der Waals surface area contributed by atoms with E-state index in [0.29, 0.717) is 5.95 Å². The minimum Gasteiger partial charge on any atom is -0.354 e. The Bertz CT molecular complexity index is 602. The van der Waals surface area contributed by atoms with Crippen LogP contribution in [0.2, 0.25) is 0 Å². The van der Waals surface area contributed by atoms with Gasteiger partial charge < -0.3 is 10.6 Å². The molecule has 0 aliphatic carbocycles. The number of aromatic nitrogens is 2. The maximum atomic E-state index is 4.48. The molecule has 0 amide bonds. The summed E-state index contributed by atoms with van der Waals surface area (Å²) in [4.78, 5) is 8.72. The summed E-state index contributed by atoms with van der Waals surface area (Å²) in [7, 11) is 0. The minimum atomic E-state index is 0.630. The highest BCUT2D eigenvalue weighted by atomic mass is 79.9. The predicted molar refractivity (Wildman–Crippen MR) is 90.7 cm³/mol. The van der Waals surface area contributed by atoms with Crippen LogP contribution >= 0.6 is 31.9 Å². The Hall–Kier alpha value is -1.14. The van der Waals surface area contributed by atoms with Crippen molar-refractivity contribution < 1.29 is 0 Å². The van der Waals surface area contributed by atoms with Gasteiger partial charge in [0.2, 0.25) is 5.95 Å². The van der Waals surface area contributed by atoms with Gasteiger partial charge in [0.25, 0.3) is 0 Å². The summed E-state index contributed by atoms with van der Waals surface area (Å²) in [6.07, 6.45) is 2.79. The van der Waals surface area contributed by atoms with Crippen LogP contribution in [-0.4, -0.2) is 16.5 Å². The fourth-order valence-corrected chi connectivity index (χ4v) is 2.30. The zero-order valence-electron chi connectivity index (χ0n) is 11.4. The molecule has 0 aliphatic rings. The molecule has 0 saturated heterocycles. The van der Waals surface area contributed by atoms with Gasteiger partial charge in [-0.15, -0.1) is 0 Å². The maximum Gasteiger partial charge on any atom is 0.224 e. The lowest BCUT2D eigenvalue weighted by molar-refractivity contribution is 0.952. The quantitative estimate of drug-likeness (QED) is 0.752. The molecule has 4 nitrogen and oxygen atoms in total. The van der Waals surface area contributed by atoms with Crippen LogP contribution in [0.5, 0.6) is 0 Å². The smallest absolute Gasteiger partial charge is 0.224 e. The summed E-state index contributed by atoms with van der Waals surface area (Å²) in [6, 6.07) is 6.03. The van der Waals surface area contributed by atoms with Gasteiger partial charge in [-0.25, -0.2) is 4.98 Å². The Morgan fingerprint density at radius 1 is 1.20 bits per heavy atom. The number of hydrogen-bond donors (Lipinski definition) is 2. The van der Waals surface area contributed by atoms with Gasteiger partial charge in [0.05, 0.1) is 4.47 Å². The minimum absolute atomic E-state index is 0.630. The van der Waals surface area contributed by atoms with Crippen LogP contribution in [0.3, 0.4) is 0 Å². The summed E-state index contributed by atoms with van der Waals surface area (Å²) in [5.74, 6) is 1.38. The van der Waals surface area contributed by atoms with Crippen LogP contribution in [0.15, 0.2) is 33.3 Å². The molecule has 6 heteroatoms. The lowest BCUT2D eigenvalue weighted by Gasteiger charge is -2.12. The van der Waals surface area contributed by atoms with E-state index < -0.39 is 0 Å². The Kier molecular flexibility index (Phi) is 5.37. The number of anilines is 3. The van der Waals surface area contributed by atoms with Crippen molar-refractivity contribution in [1.29, 1.82) is 0 Å². The average Bonchev–Trinajstić information content (AvgIpc) is 2.44. The molecule has 0 atom stereocenters. The van der Waals surface area contributed by atoms with E-state index in [0.717, 1.165) is 39.0 Å². The molecule has 2 N–H and O–H groups in total. The van der Waals surface area contributed by atoms with E-state index in [-0.39, 0.29) is 0 Å². The van der Waals surface area contributed by atoms with Crippen LogP contribution in [-0.2, 0) is 0 Å². The van der Waals surface area contributed by atoms with Gasteiger partial charge >= 0.3 is 0 Å². The second-order valence-electron chi connectivity index (χ2n) is 4.35. The van der Waals surface area contributed by atoms with E-state index in [2.05, 4.69) is 66.3 Å². The number of benzene rings is 1. The number of halogens is 2. The molecule has 0 unspecified atom stereocenters. The van der Waals surface area contributed by atoms with Crippen molar-refractivity contribution in [3.63, 3.8) is 0 Å². The van der Waals surface area contributed by atoms with Gasteiger partial charge in [-0.1, -0.05) is 28.9 Å². The molecule has 1 aromatic carbocycles. The first-order valence-corrected chi connectivity index (χ1v) is 7.99. The van der Waals surface area contributed by atoms with Gasteiger partial charge in [-0.2, -0.15) is 4.98 Å². The third-order valence-electron chi connectivity index (χ3n) is 2.80. The van der Waals surface area contributed by atoms with Crippen molar-refractivity contribution in [2.24, 2.45) is 0 Å². The third-order valence-corrected chi connectivity index (χ3v) is 4.24. The molecule has 20 heavy (non-hydrogen) atoms. The van der Waals surface area contributed by atoms with Gasteiger partial charge in [-0.3, -0.25) is 0 Å². The van der Waals surface area contributed by atoms with Crippen LogP contribution in [0, 0.1) is 6.92 Å². The molecule has 1 heterocycles. The Morgan fingerprint density at radius 3 is 2.75 bits per heavy atom. The molecule has 1 aromatic heterocycles. The zero-order chi connectivity index (χ0) is 14.5. The van der Waals surface area contributed by atoms with Gasteiger partial charge in [0, 0.05) is 22.9 Å². The zero-order valence-corrected chi connectivity index (χ0v) is 14.5. The second-order valence-corrected chi connectivity index (χ2v) is 6.06. The van der Waals surface area contributed by atoms with Crippen molar-refractivity contribution >= 4 is 49.3 Å². The van der Waals surface area contributed by atoms with Crippen molar-refractivity contribution in [1.82, 2.24) is 9.97 Å². The third kappa shape index (κ3) is 3.70. The van der Waals surface area contributed by atoms with E-state index in [1.165, 1.54) is 0 Å². The Balaban J connectivity index is 2.26. The standard InChI is InChI=1S/C14H16Br2N4/c1-3-7-17-14-18-8-11(16)13(20-14)19-12-6-4-5-10(15)9(12)2/h4-6,8H,3,7H2,1-2H3,(H2,17,18,19,20). The van der Waals surface area contributed by atoms with E-state index >= 15 is 0 Å². The maximum absolute atomic E-state index is 4.48. The van der Waals surface area contributed by atoms with Crippen LogP contribution in [0.1, 0.15) is 18.9 Å². The number of hydrogen-bond acceptors (Lipinski definition) is 4. The highest BCUT2D eigenvalue weighted by Crippen LogP contribution is 2.29. The molecule has 2 rings (SSSR count). The first-order valence-electron chi connectivity index (χ1n) is 6.40. The lowest BCUT2D eigenvalue weighted by Crippen LogP contribution is -2.06. The summed E-state index contributed by atoms with van der Waals surface area (Å²) < 4.78 is 1.90. The summed E-state index contributed by atoms with van der Waals surface area (Å²) in [6.45, 7) is 5.02. The van der Waals surface area contributed by atoms with E-state index in [4.69, 9.17) is 0 Å². The molecule has 0 fully saturated rings. The molecule has 0 aliphatic heterocycles. The first-order chi connectivity index (χ1) is 9.61. The van der Waals surface area contributed by atoms with Crippen LogP contribution in [0.4, 0.5) is 17.5 Å². The largest absolute Gasteiger partial charge is 0.354 e. The normalized spacial score (nSPS) is 10.4. The monoisotopic (exact) mass is 398 g/mol. The fraction of sp³-hybridized carbons (Fsp3) is 0.286. The van der Waals surface area contributed by atoms with Crippen molar-refractivity contribution in [3.05, 3.63) is 38.9 Å². The SMILES string of the molecule is CCCNc1ncc(Br)c(Nc2cccc(Br)c2C)n1. The molecule has 0 saturated carbocycles. The number of nitrogens with zero attached hydrogens (tertiary/aromatic N) is 2. The van der Waals surface area contributed by atoms with Gasteiger partial charge in [-0.05, 0) is 47.0 Å². The van der Waals surface area contributed by atoms with Gasteiger partial charge in [0.15, 0.2) is 0 Å². The topological polar surface area (TPSA) is 49.8 Å². The fourth-order valence-electron chi connectivity index (χ4n) is 1.65. The molecule has 0 spiro atoms.